The minimum absolute atomic E-state index is 0.0103. The highest BCUT2D eigenvalue weighted by atomic mass is 16.5. The molecule has 2 unspecified atom stereocenters. The number of ether oxygens (including phenoxy) is 2. The summed E-state index contributed by atoms with van der Waals surface area (Å²) < 4.78 is 12.5. The molecular weight excluding hydrogens is 298 g/mol. The Kier molecular flexibility index (Phi) is 4.20. The summed E-state index contributed by atoms with van der Waals surface area (Å²) in [7, 11) is 1.94. The van der Waals surface area contributed by atoms with Gasteiger partial charge in [0.2, 0.25) is 0 Å². The van der Waals surface area contributed by atoms with Crippen LogP contribution in [0.25, 0.3) is 10.8 Å². The molecule has 0 saturated carbocycles. The highest BCUT2D eigenvalue weighted by molar-refractivity contribution is 5.88. The standard InChI is InChI=1S/C21H21NO2/c1-22-13-20-21(18-11-5-3-8-16(18)14-23-20)24-19-12-6-9-15-7-2-4-10-17(15)19/h2-12,20-22H,13-14H2,1H3. The predicted octanol–water partition coefficient (Wildman–Crippen LogP) is 4.08. The number of fused-ring (bicyclic) bond motifs is 2. The molecule has 1 N–H and O–H groups in total. The SMILES string of the molecule is CNCC1OCc2ccccc2C1Oc1cccc2ccccc12. The van der Waals surface area contributed by atoms with Crippen LogP contribution < -0.4 is 10.1 Å². The molecule has 24 heavy (non-hydrogen) atoms. The molecule has 4 rings (SSSR count). The Morgan fingerprint density at radius 2 is 1.79 bits per heavy atom. The maximum atomic E-state index is 6.50. The molecule has 0 bridgehead atoms. The highest BCUT2D eigenvalue weighted by Gasteiger charge is 2.32. The fourth-order valence-corrected chi connectivity index (χ4v) is 3.37. The summed E-state index contributed by atoms with van der Waals surface area (Å²) in [4.78, 5) is 0. The highest BCUT2D eigenvalue weighted by Crippen LogP contribution is 2.36. The Labute approximate surface area is 142 Å². The van der Waals surface area contributed by atoms with Gasteiger partial charge in [0.15, 0.2) is 6.10 Å². The van der Waals surface area contributed by atoms with Crippen molar-refractivity contribution in [2.24, 2.45) is 0 Å². The quantitative estimate of drug-likeness (QED) is 0.786. The molecule has 0 aromatic heterocycles. The lowest BCUT2D eigenvalue weighted by Crippen LogP contribution is -2.38. The fraction of sp³-hybridized carbons (Fsp3) is 0.238. The van der Waals surface area contributed by atoms with E-state index in [1.165, 1.54) is 16.5 Å². The Bertz CT molecular complexity index is 841. The minimum Gasteiger partial charge on any atom is -0.482 e. The van der Waals surface area contributed by atoms with Gasteiger partial charge in [-0.05, 0) is 24.1 Å². The molecule has 3 nitrogen and oxygen atoms in total. The molecular formula is C21H21NO2. The van der Waals surface area contributed by atoms with E-state index >= 15 is 0 Å². The summed E-state index contributed by atoms with van der Waals surface area (Å²) in [5, 5.41) is 5.53. The lowest BCUT2D eigenvalue weighted by Gasteiger charge is -2.34. The van der Waals surface area contributed by atoms with Crippen LogP contribution >= 0.6 is 0 Å². The number of hydrogen-bond acceptors (Lipinski definition) is 3. The Hall–Kier alpha value is -2.36. The average molecular weight is 319 g/mol. The van der Waals surface area contributed by atoms with Crippen LogP contribution in [-0.4, -0.2) is 19.7 Å². The maximum absolute atomic E-state index is 6.50. The molecule has 1 aliphatic heterocycles. The maximum Gasteiger partial charge on any atom is 0.151 e. The number of likely N-dealkylation sites (N-methyl/N-ethyl adjacent to an activating group) is 1. The summed E-state index contributed by atoms with van der Waals surface area (Å²) in [6.07, 6.45) is -0.128. The van der Waals surface area contributed by atoms with Crippen molar-refractivity contribution in [2.45, 2.75) is 18.8 Å². The van der Waals surface area contributed by atoms with E-state index in [2.05, 4.69) is 53.8 Å². The Balaban J connectivity index is 1.75. The van der Waals surface area contributed by atoms with Gasteiger partial charge in [0.25, 0.3) is 0 Å². The molecule has 0 saturated heterocycles. The second-order valence-electron chi connectivity index (χ2n) is 6.12. The van der Waals surface area contributed by atoms with Gasteiger partial charge in [-0.15, -0.1) is 0 Å². The zero-order valence-corrected chi connectivity index (χ0v) is 13.7. The zero-order valence-electron chi connectivity index (χ0n) is 13.7. The van der Waals surface area contributed by atoms with Gasteiger partial charge >= 0.3 is 0 Å². The van der Waals surface area contributed by atoms with Gasteiger partial charge < -0.3 is 14.8 Å². The van der Waals surface area contributed by atoms with Crippen LogP contribution in [0.2, 0.25) is 0 Å². The number of rotatable bonds is 4. The van der Waals surface area contributed by atoms with Crippen LogP contribution in [0.15, 0.2) is 66.7 Å². The molecule has 0 fully saturated rings. The third-order valence-corrected chi connectivity index (χ3v) is 4.56. The van der Waals surface area contributed by atoms with Crippen LogP contribution in [0.5, 0.6) is 5.75 Å². The number of benzene rings is 3. The van der Waals surface area contributed by atoms with E-state index in [4.69, 9.17) is 9.47 Å². The van der Waals surface area contributed by atoms with Crippen LogP contribution in [0.3, 0.4) is 0 Å². The van der Waals surface area contributed by atoms with Gasteiger partial charge in [0, 0.05) is 17.5 Å². The van der Waals surface area contributed by atoms with E-state index in [9.17, 15) is 0 Å². The normalized spacial score (nSPS) is 19.9. The molecule has 3 aromatic rings. The van der Waals surface area contributed by atoms with Crippen molar-refractivity contribution in [1.29, 1.82) is 0 Å². The van der Waals surface area contributed by atoms with Crippen LogP contribution in [0.4, 0.5) is 0 Å². The van der Waals surface area contributed by atoms with Gasteiger partial charge in [-0.1, -0.05) is 60.7 Å². The second-order valence-corrected chi connectivity index (χ2v) is 6.12. The molecule has 3 heteroatoms. The first-order valence-electron chi connectivity index (χ1n) is 8.35. The summed E-state index contributed by atoms with van der Waals surface area (Å²) in [5.74, 6) is 0.902. The first-order chi connectivity index (χ1) is 11.9. The van der Waals surface area contributed by atoms with Crippen LogP contribution in [-0.2, 0) is 11.3 Å². The van der Waals surface area contributed by atoms with Crippen molar-refractivity contribution < 1.29 is 9.47 Å². The minimum atomic E-state index is -0.117. The van der Waals surface area contributed by atoms with Crippen molar-refractivity contribution in [3.05, 3.63) is 77.9 Å². The number of nitrogens with one attached hydrogen (secondary N) is 1. The summed E-state index contributed by atoms with van der Waals surface area (Å²) in [6.45, 7) is 1.39. The average Bonchev–Trinajstić information content (AvgIpc) is 2.64. The zero-order chi connectivity index (χ0) is 16.4. The van der Waals surface area contributed by atoms with E-state index in [1.807, 2.05) is 25.2 Å². The monoisotopic (exact) mass is 319 g/mol. The molecule has 1 aliphatic rings. The molecule has 0 spiro atoms. The van der Waals surface area contributed by atoms with Crippen LogP contribution in [0.1, 0.15) is 17.2 Å². The van der Waals surface area contributed by atoms with E-state index in [1.54, 1.807) is 0 Å². The van der Waals surface area contributed by atoms with Gasteiger partial charge in [-0.25, -0.2) is 0 Å². The van der Waals surface area contributed by atoms with Crippen molar-refractivity contribution in [1.82, 2.24) is 5.32 Å². The largest absolute Gasteiger partial charge is 0.482 e. The van der Waals surface area contributed by atoms with Gasteiger partial charge in [0.1, 0.15) is 11.9 Å². The smallest absolute Gasteiger partial charge is 0.151 e. The van der Waals surface area contributed by atoms with Crippen molar-refractivity contribution >= 4 is 10.8 Å². The van der Waals surface area contributed by atoms with E-state index in [0.29, 0.717) is 6.61 Å². The van der Waals surface area contributed by atoms with Crippen molar-refractivity contribution in [3.8, 4) is 5.75 Å². The Morgan fingerprint density at radius 3 is 2.71 bits per heavy atom. The molecule has 3 aromatic carbocycles. The molecule has 0 radical (unpaired) electrons. The van der Waals surface area contributed by atoms with Gasteiger partial charge in [-0.2, -0.15) is 0 Å². The van der Waals surface area contributed by atoms with Crippen LogP contribution in [0, 0.1) is 0 Å². The third kappa shape index (κ3) is 2.77. The topological polar surface area (TPSA) is 30.5 Å². The number of hydrogen-bond donors (Lipinski definition) is 1. The lowest BCUT2D eigenvalue weighted by molar-refractivity contribution is -0.0492. The molecule has 2 atom stereocenters. The summed E-state index contributed by atoms with van der Waals surface area (Å²) in [5.41, 5.74) is 2.42. The second kappa shape index (κ2) is 6.63. The third-order valence-electron chi connectivity index (χ3n) is 4.56. The molecule has 1 heterocycles. The Morgan fingerprint density at radius 1 is 1.00 bits per heavy atom. The van der Waals surface area contributed by atoms with Gasteiger partial charge in [-0.3, -0.25) is 0 Å². The first-order valence-corrected chi connectivity index (χ1v) is 8.35. The predicted molar refractivity (Wildman–Crippen MR) is 96.3 cm³/mol. The first kappa shape index (κ1) is 15.2. The lowest BCUT2D eigenvalue weighted by atomic mass is 9.95. The van der Waals surface area contributed by atoms with Gasteiger partial charge in [0.05, 0.1) is 6.61 Å². The van der Waals surface area contributed by atoms with E-state index < -0.39 is 0 Å². The van der Waals surface area contributed by atoms with E-state index in [-0.39, 0.29) is 12.2 Å². The van der Waals surface area contributed by atoms with E-state index in [0.717, 1.165) is 17.7 Å². The molecule has 0 amide bonds. The van der Waals surface area contributed by atoms with Crippen molar-refractivity contribution in [3.63, 3.8) is 0 Å². The molecule has 122 valence electrons. The summed E-state index contributed by atoms with van der Waals surface area (Å²) >= 11 is 0. The fourth-order valence-electron chi connectivity index (χ4n) is 3.37. The molecule has 0 aliphatic carbocycles. The van der Waals surface area contributed by atoms with Crippen molar-refractivity contribution in [2.75, 3.05) is 13.6 Å². The summed E-state index contributed by atoms with van der Waals surface area (Å²) in [6, 6.07) is 22.9.